The van der Waals surface area contributed by atoms with Gasteiger partial charge in [0, 0.05) is 18.0 Å². The van der Waals surface area contributed by atoms with Crippen molar-refractivity contribution in [1.29, 1.82) is 0 Å². The van der Waals surface area contributed by atoms with E-state index in [4.69, 9.17) is 0 Å². The molecular formula is C16H23NO3S2. The van der Waals surface area contributed by atoms with Crippen LogP contribution in [0.1, 0.15) is 46.3 Å². The van der Waals surface area contributed by atoms with Crippen LogP contribution in [0.4, 0.5) is 0 Å². The Morgan fingerprint density at radius 2 is 1.95 bits per heavy atom. The van der Waals surface area contributed by atoms with Crippen LogP contribution in [0.25, 0.3) is 0 Å². The molecule has 1 fully saturated rings. The van der Waals surface area contributed by atoms with Crippen LogP contribution in [-0.4, -0.2) is 43.8 Å². The largest absolute Gasteiger partial charge is 0.338 e. The first-order valence-electron chi connectivity index (χ1n) is 7.95. The van der Waals surface area contributed by atoms with Gasteiger partial charge in [0.15, 0.2) is 0 Å². The lowest BCUT2D eigenvalue weighted by atomic mass is 9.90. The molecule has 0 spiro atoms. The second kappa shape index (κ2) is 5.96. The summed E-state index contributed by atoms with van der Waals surface area (Å²) in [6.07, 6.45) is 4.49. The van der Waals surface area contributed by atoms with Crippen molar-refractivity contribution < 1.29 is 13.2 Å². The summed E-state index contributed by atoms with van der Waals surface area (Å²) in [6, 6.07) is 2.11. The molecule has 0 N–H and O–H groups in total. The fraction of sp³-hybridized carbons (Fsp3) is 0.688. The van der Waals surface area contributed by atoms with Gasteiger partial charge in [0.1, 0.15) is 9.84 Å². The van der Waals surface area contributed by atoms with E-state index in [1.165, 1.54) is 16.9 Å². The topological polar surface area (TPSA) is 54.5 Å². The fourth-order valence-electron chi connectivity index (χ4n) is 3.42. The number of rotatable bonds is 2. The standard InChI is InChI=1S/C16H23NO3S2/c1-11-3-4-14-12(9-11)10-15(21-14)16(18)17(2)13-5-7-22(19,20)8-6-13/h10-11,13H,3-9H2,1-2H3. The van der Waals surface area contributed by atoms with Crippen LogP contribution in [0.5, 0.6) is 0 Å². The van der Waals surface area contributed by atoms with Crippen molar-refractivity contribution in [2.24, 2.45) is 5.92 Å². The third kappa shape index (κ3) is 3.23. The van der Waals surface area contributed by atoms with Gasteiger partial charge in [0.25, 0.3) is 5.91 Å². The molecule has 1 atom stereocenters. The van der Waals surface area contributed by atoms with Gasteiger partial charge >= 0.3 is 0 Å². The highest BCUT2D eigenvalue weighted by Gasteiger charge is 2.30. The summed E-state index contributed by atoms with van der Waals surface area (Å²) < 4.78 is 23.0. The maximum absolute atomic E-state index is 12.7. The van der Waals surface area contributed by atoms with Crippen molar-refractivity contribution >= 4 is 27.1 Å². The Bertz CT molecular complexity index is 664. The van der Waals surface area contributed by atoms with E-state index in [-0.39, 0.29) is 23.5 Å². The molecule has 0 radical (unpaired) electrons. The maximum Gasteiger partial charge on any atom is 0.263 e. The lowest BCUT2D eigenvalue weighted by Crippen LogP contribution is -2.42. The summed E-state index contributed by atoms with van der Waals surface area (Å²) in [6.45, 7) is 2.26. The van der Waals surface area contributed by atoms with Gasteiger partial charge in [-0.2, -0.15) is 0 Å². The summed E-state index contributed by atoms with van der Waals surface area (Å²) in [5.41, 5.74) is 1.34. The van der Waals surface area contributed by atoms with Crippen molar-refractivity contribution in [2.45, 2.75) is 45.1 Å². The Hall–Kier alpha value is -0.880. The van der Waals surface area contributed by atoms with Gasteiger partial charge in [-0.15, -0.1) is 11.3 Å². The molecule has 0 aromatic carbocycles. The molecule has 1 saturated heterocycles. The third-order valence-electron chi connectivity index (χ3n) is 4.93. The smallest absolute Gasteiger partial charge is 0.263 e. The summed E-state index contributed by atoms with van der Waals surface area (Å²) in [5.74, 6) is 1.16. The number of sulfone groups is 1. The van der Waals surface area contributed by atoms with Crippen LogP contribution < -0.4 is 0 Å². The predicted octanol–water partition coefficient (Wildman–Crippen LogP) is 2.52. The molecule has 1 aliphatic carbocycles. The lowest BCUT2D eigenvalue weighted by Gasteiger charge is -2.30. The van der Waals surface area contributed by atoms with Crippen LogP contribution in [0, 0.1) is 5.92 Å². The van der Waals surface area contributed by atoms with Gasteiger partial charge in [-0.05, 0) is 49.7 Å². The second-order valence-corrected chi connectivity index (χ2v) is 10.1. The van der Waals surface area contributed by atoms with E-state index in [1.807, 2.05) is 7.05 Å². The maximum atomic E-state index is 12.7. The molecule has 1 aliphatic heterocycles. The summed E-state index contributed by atoms with van der Waals surface area (Å²) in [4.78, 5) is 16.6. The molecule has 0 bridgehead atoms. The minimum atomic E-state index is -2.88. The predicted molar refractivity (Wildman–Crippen MR) is 89.3 cm³/mol. The van der Waals surface area contributed by atoms with E-state index < -0.39 is 9.84 Å². The average molecular weight is 341 g/mol. The lowest BCUT2D eigenvalue weighted by molar-refractivity contribution is 0.0726. The van der Waals surface area contributed by atoms with Gasteiger partial charge < -0.3 is 4.90 Å². The number of fused-ring (bicyclic) bond motifs is 1. The Kier molecular flexibility index (Phi) is 4.34. The van der Waals surface area contributed by atoms with E-state index in [0.29, 0.717) is 18.8 Å². The van der Waals surface area contributed by atoms with Crippen molar-refractivity contribution in [3.8, 4) is 0 Å². The molecule has 1 aromatic rings. The normalized spacial score (nSPS) is 24.7. The Morgan fingerprint density at radius 3 is 2.64 bits per heavy atom. The monoisotopic (exact) mass is 341 g/mol. The third-order valence-corrected chi connectivity index (χ3v) is 7.87. The van der Waals surface area contributed by atoms with E-state index in [9.17, 15) is 13.2 Å². The fourth-order valence-corrected chi connectivity index (χ4v) is 6.07. The number of carbonyl (C=O) groups is 1. The van der Waals surface area contributed by atoms with E-state index in [1.54, 1.807) is 16.2 Å². The zero-order valence-corrected chi connectivity index (χ0v) is 14.8. The van der Waals surface area contributed by atoms with Crippen LogP contribution in [0.2, 0.25) is 0 Å². The van der Waals surface area contributed by atoms with E-state index in [2.05, 4.69) is 13.0 Å². The first-order chi connectivity index (χ1) is 10.4. The molecule has 1 aromatic heterocycles. The Balaban J connectivity index is 1.71. The van der Waals surface area contributed by atoms with Crippen molar-refractivity contribution in [1.82, 2.24) is 4.90 Å². The molecule has 2 heterocycles. The molecular weight excluding hydrogens is 318 g/mol. The summed E-state index contributed by atoms with van der Waals surface area (Å²) in [5, 5.41) is 0. The van der Waals surface area contributed by atoms with Crippen molar-refractivity contribution in [2.75, 3.05) is 18.6 Å². The van der Waals surface area contributed by atoms with Gasteiger partial charge in [-0.25, -0.2) is 8.42 Å². The average Bonchev–Trinajstić information content (AvgIpc) is 2.88. The second-order valence-electron chi connectivity index (χ2n) is 6.71. The molecule has 6 heteroatoms. The van der Waals surface area contributed by atoms with Crippen LogP contribution in [0.3, 0.4) is 0 Å². The number of hydrogen-bond acceptors (Lipinski definition) is 4. The zero-order valence-electron chi connectivity index (χ0n) is 13.2. The van der Waals surface area contributed by atoms with Crippen LogP contribution in [0.15, 0.2) is 6.07 Å². The van der Waals surface area contributed by atoms with Crippen LogP contribution in [-0.2, 0) is 22.7 Å². The highest BCUT2D eigenvalue weighted by Crippen LogP contribution is 2.33. The Labute approximate surface area is 136 Å². The number of hydrogen-bond donors (Lipinski definition) is 0. The van der Waals surface area contributed by atoms with Gasteiger partial charge in [-0.1, -0.05) is 6.92 Å². The number of amides is 1. The van der Waals surface area contributed by atoms with Crippen LogP contribution >= 0.6 is 11.3 Å². The summed E-state index contributed by atoms with van der Waals surface area (Å²) >= 11 is 1.63. The number of carbonyl (C=O) groups excluding carboxylic acids is 1. The molecule has 1 amide bonds. The number of nitrogens with zero attached hydrogens (tertiary/aromatic N) is 1. The first kappa shape index (κ1) is 16.0. The van der Waals surface area contributed by atoms with Crippen molar-refractivity contribution in [3.63, 3.8) is 0 Å². The summed E-state index contributed by atoms with van der Waals surface area (Å²) in [7, 11) is -1.07. The molecule has 2 aliphatic rings. The Morgan fingerprint density at radius 1 is 1.27 bits per heavy atom. The molecule has 122 valence electrons. The molecule has 4 nitrogen and oxygen atoms in total. The van der Waals surface area contributed by atoms with Gasteiger partial charge in [0.05, 0.1) is 16.4 Å². The highest BCUT2D eigenvalue weighted by atomic mass is 32.2. The SMILES string of the molecule is CC1CCc2sc(C(=O)N(C)C3CCS(=O)(=O)CC3)cc2C1. The minimum absolute atomic E-state index is 0.0501. The molecule has 22 heavy (non-hydrogen) atoms. The van der Waals surface area contributed by atoms with Crippen molar-refractivity contribution in [3.05, 3.63) is 21.4 Å². The molecule has 1 unspecified atom stereocenters. The molecule has 0 saturated carbocycles. The minimum Gasteiger partial charge on any atom is -0.338 e. The number of aryl methyl sites for hydroxylation is 1. The van der Waals surface area contributed by atoms with E-state index >= 15 is 0 Å². The number of thiophene rings is 1. The quantitative estimate of drug-likeness (QED) is 0.830. The first-order valence-corrected chi connectivity index (χ1v) is 10.6. The van der Waals surface area contributed by atoms with E-state index in [0.717, 1.165) is 17.7 Å². The zero-order chi connectivity index (χ0) is 15.9. The molecule has 3 rings (SSSR count). The highest BCUT2D eigenvalue weighted by molar-refractivity contribution is 7.91. The van der Waals surface area contributed by atoms with Gasteiger partial charge in [-0.3, -0.25) is 4.79 Å². The van der Waals surface area contributed by atoms with Gasteiger partial charge in [0.2, 0.25) is 0 Å².